The zero-order valence-corrected chi connectivity index (χ0v) is 35.4. The average molecular weight is 796 g/mol. The summed E-state index contributed by atoms with van der Waals surface area (Å²) in [6.45, 7) is 9.46. The summed E-state index contributed by atoms with van der Waals surface area (Å²) in [5.41, 5.74) is 22.7. The van der Waals surface area contributed by atoms with Gasteiger partial charge in [0.1, 0.15) is 11.2 Å². The molecule has 0 aliphatic heterocycles. The Morgan fingerprint density at radius 2 is 0.855 bits per heavy atom. The first-order valence-electron chi connectivity index (χ1n) is 21.8. The first-order valence-corrected chi connectivity index (χ1v) is 21.8. The van der Waals surface area contributed by atoms with Crippen LogP contribution in [-0.4, -0.2) is 0 Å². The van der Waals surface area contributed by atoms with E-state index in [1.165, 1.54) is 66.8 Å². The first kappa shape index (κ1) is 36.4. The Morgan fingerprint density at radius 3 is 1.61 bits per heavy atom. The lowest BCUT2D eigenvalue weighted by Gasteiger charge is -2.31. The zero-order chi connectivity index (χ0) is 41.7. The van der Waals surface area contributed by atoms with Gasteiger partial charge in [0.25, 0.3) is 0 Å². The monoisotopic (exact) mass is 795 g/mol. The van der Waals surface area contributed by atoms with Crippen molar-refractivity contribution in [2.24, 2.45) is 0 Å². The molecule has 0 saturated heterocycles. The van der Waals surface area contributed by atoms with Crippen LogP contribution in [0.4, 0.5) is 17.1 Å². The third-order valence-corrected chi connectivity index (χ3v) is 13.9. The van der Waals surface area contributed by atoms with Crippen LogP contribution in [0.2, 0.25) is 0 Å². The van der Waals surface area contributed by atoms with Gasteiger partial charge in [-0.25, -0.2) is 0 Å². The molecule has 12 rings (SSSR count). The van der Waals surface area contributed by atoms with E-state index >= 15 is 0 Å². The SMILES string of the molecule is CC1(C)c2ccccc2-c2c(-c3ccccc3N(c3ccc(-c4cccc5c4C(C)(C)c4ccccc4-5)cc3)c3ccccc3-c3cccc4c3oc3ccccc34)cccc21. The molecule has 0 saturated carbocycles. The number of furan rings is 1. The van der Waals surface area contributed by atoms with Gasteiger partial charge in [-0.15, -0.1) is 0 Å². The van der Waals surface area contributed by atoms with E-state index < -0.39 is 0 Å². The van der Waals surface area contributed by atoms with Gasteiger partial charge < -0.3 is 9.32 Å². The molecule has 0 fully saturated rings. The minimum absolute atomic E-state index is 0.113. The Kier molecular flexibility index (Phi) is 7.96. The van der Waals surface area contributed by atoms with Crippen molar-refractivity contribution in [1.82, 2.24) is 0 Å². The summed E-state index contributed by atoms with van der Waals surface area (Å²) in [6.07, 6.45) is 0. The van der Waals surface area contributed by atoms with Crippen LogP contribution in [-0.2, 0) is 10.8 Å². The molecule has 296 valence electrons. The van der Waals surface area contributed by atoms with Crippen LogP contribution in [0, 0.1) is 0 Å². The molecule has 9 aromatic carbocycles. The lowest BCUT2D eigenvalue weighted by Crippen LogP contribution is -2.16. The highest BCUT2D eigenvalue weighted by atomic mass is 16.3. The fourth-order valence-electron chi connectivity index (χ4n) is 11.0. The molecule has 0 bridgehead atoms. The van der Waals surface area contributed by atoms with E-state index in [9.17, 15) is 0 Å². The van der Waals surface area contributed by atoms with Gasteiger partial charge in [-0.2, -0.15) is 0 Å². The summed E-state index contributed by atoms with van der Waals surface area (Å²) in [5, 5.41) is 2.24. The number of fused-ring (bicyclic) bond motifs is 9. The van der Waals surface area contributed by atoms with Crippen molar-refractivity contribution in [2.75, 3.05) is 4.90 Å². The number of benzene rings is 9. The number of hydrogen-bond donors (Lipinski definition) is 0. The Bertz CT molecular complexity index is 3420. The average Bonchev–Trinajstić information content (AvgIpc) is 3.90. The predicted molar refractivity (Wildman–Crippen MR) is 260 cm³/mol. The minimum atomic E-state index is -0.119. The molecule has 0 atom stereocenters. The summed E-state index contributed by atoms with van der Waals surface area (Å²) < 4.78 is 6.70. The van der Waals surface area contributed by atoms with Crippen LogP contribution < -0.4 is 4.90 Å². The van der Waals surface area contributed by atoms with E-state index in [0.29, 0.717) is 0 Å². The molecule has 2 aliphatic rings. The normalized spacial score (nSPS) is 14.1. The highest BCUT2D eigenvalue weighted by Crippen LogP contribution is 2.55. The lowest BCUT2D eigenvalue weighted by atomic mass is 9.79. The molecular weight excluding hydrogens is 751 g/mol. The molecule has 0 radical (unpaired) electrons. The van der Waals surface area contributed by atoms with Gasteiger partial charge in [0, 0.05) is 44.0 Å². The van der Waals surface area contributed by atoms with Crippen LogP contribution >= 0.6 is 0 Å². The number of anilines is 3. The quantitative estimate of drug-likeness (QED) is 0.167. The summed E-state index contributed by atoms with van der Waals surface area (Å²) in [7, 11) is 0. The van der Waals surface area contributed by atoms with E-state index in [0.717, 1.165) is 50.1 Å². The van der Waals surface area contributed by atoms with Crippen LogP contribution in [0.15, 0.2) is 205 Å². The zero-order valence-electron chi connectivity index (χ0n) is 35.4. The highest BCUT2D eigenvalue weighted by Gasteiger charge is 2.38. The van der Waals surface area contributed by atoms with Crippen molar-refractivity contribution in [1.29, 1.82) is 0 Å². The Morgan fingerprint density at radius 1 is 0.355 bits per heavy atom. The molecule has 1 aromatic heterocycles. The van der Waals surface area contributed by atoms with Gasteiger partial charge in [-0.1, -0.05) is 198 Å². The third-order valence-electron chi connectivity index (χ3n) is 13.9. The van der Waals surface area contributed by atoms with E-state index in [2.05, 4.69) is 227 Å². The Labute approximate surface area is 363 Å². The lowest BCUT2D eigenvalue weighted by molar-refractivity contribution is 0.660. The topological polar surface area (TPSA) is 16.4 Å². The summed E-state index contributed by atoms with van der Waals surface area (Å²) in [5.74, 6) is 0. The fraction of sp³-hybridized carbons (Fsp3) is 0.100. The van der Waals surface area contributed by atoms with Crippen molar-refractivity contribution >= 4 is 39.0 Å². The molecule has 2 nitrogen and oxygen atoms in total. The van der Waals surface area contributed by atoms with Crippen molar-refractivity contribution in [2.45, 2.75) is 38.5 Å². The Balaban J connectivity index is 1.08. The van der Waals surface area contributed by atoms with Crippen molar-refractivity contribution in [3.63, 3.8) is 0 Å². The predicted octanol–water partition coefficient (Wildman–Crippen LogP) is 16.7. The minimum Gasteiger partial charge on any atom is -0.455 e. The molecule has 62 heavy (non-hydrogen) atoms. The standard InChI is InChI=1S/C60H45NO/c1-59(2)51-29-11-6-22-49(51)56-45(24-17-30-52(56)59)42-19-7-12-31-53(42)61(54-32-13-8-20-43(54)47-26-16-27-48-44-21-9-14-33-55(44)62-58(47)48)39-36-34-38(35-37-39)40-23-15-25-46-41-18-5-10-28-50(41)60(3,4)57(40)46/h5-37H,1-4H3. The van der Waals surface area contributed by atoms with Gasteiger partial charge in [-0.3, -0.25) is 0 Å². The second-order valence-corrected chi connectivity index (χ2v) is 18.0. The summed E-state index contributed by atoms with van der Waals surface area (Å²) >= 11 is 0. The van der Waals surface area contributed by atoms with E-state index in [4.69, 9.17) is 4.42 Å². The molecule has 2 heteroatoms. The first-order chi connectivity index (χ1) is 30.3. The number of nitrogens with zero attached hydrogens (tertiary/aromatic N) is 1. The molecule has 0 spiro atoms. The molecule has 0 unspecified atom stereocenters. The van der Waals surface area contributed by atoms with E-state index in [1.54, 1.807) is 0 Å². The van der Waals surface area contributed by atoms with E-state index in [-0.39, 0.29) is 10.8 Å². The molecular formula is C60H45NO. The third kappa shape index (κ3) is 5.23. The largest absolute Gasteiger partial charge is 0.455 e. The van der Waals surface area contributed by atoms with Crippen LogP contribution in [0.3, 0.4) is 0 Å². The number of rotatable bonds is 6. The molecule has 10 aromatic rings. The number of para-hydroxylation sites is 4. The Hall–Kier alpha value is -7.42. The molecule has 1 heterocycles. The smallest absolute Gasteiger partial charge is 0.143 e. The highest BCUT2D eigenvalue weighted by molar-refractivity contribution is 6.11. The van der Waals surface area contributed by atoms with Crippen molar-refractivity contribution in [3.05, 3.63) is 222 Å². The van der Waals surface area contributed by atoms with Crippen molar-refractivity contribution in [3.8, 4) is 55.6 Å². The maximum absolute atomic E-state index is 6.70. The fourth-order valence-corrected chi connectivity index (χ4v) is 11.0. The number of hydrogen-bond acceptors (Lipinski definition) is 2. The van der Waals surface area contributed by atoms with Gasteiger partial charge in [0.05, 0.1) is 11.4 Å². The maximum Gasteiger partial charge on any atom is 0.143 e. The molecule has 0 amide bonds. The van der Waals surface area contributed by atoms with Gasteiger partial charge in [0.2, 0.25) is 0 Å². The van der Waals surface area contributed by atoms with Gasteiger partial charge in [0.15, 0.2) is 0 Å². The van der Waals surface area contributed by atoms with Gasteiger partial charge in [-0.05, 0) is 91.5 Å². The van der Waals surface area contributed by atoms with Crippen molar-refractivity contribution < 1.29 is 4.42 Å². The van der Waals surface area contributed by atoms with Crippen LogP contribution in [0.25, 0.3) is 77.6 Å². The van der Waals surface area contributed by atoms with Crippen LogP contribution in [0.1, 0.15) is 49.9 Å². The van der Waals surface area contributed by atoms with Gasteiger partial charge >= 0.3 is 0 Å². The summed E-state index contributed by atoms with van der Waals surface area (Å²) in [6, 6.07) is 73.5. The molecule has 0 N–H and O–H groups in total. The van der Waals surface area contributed by atoms with Crippen LogP contribution in [0.5, 0.6) is 0 Å². The maximum atomic E-state index is 6.70. The van der Waals surface area contributed by atoms with E-state index in [1.807, 2.05) is 6.07 Å². The second-order valence-electron chi connectivity index (χ2n) is 18.0. The summed E-state index contributed by atoms with van der Waals surface area (Å²) in [4.78, 5) is 2.47. The molecule has 2 aliphatic carbocycles. The second kappa shape index (κ2) is 13.5.